The van der Waals surface area contributed by atoms with Crippen LogP contribution >= 0.6 is 11.3 Å². The van der Waals surface area contributed by atoms with Crippen LogP contribution in [0.4, 0.5) is 0 Å². The summed E-state index contributed by atoms with van der Waals surface area (Å²) in [6, 6.07) is 15.7. The van der Waals surface area contributed by atoms with E-state index in [1.807, 2.05) is 53.9 Å². The fourth-order valence-corrected chi connectivity index (χ4v) is 3.04. The van der Waals surface area contributed by atoms with E-state index in [4.69, 9.17) is 4.74 Å². The molecule has 1 heterocycles. The van der Waals surface area contributed by atoms with Crippen LogP contribution in [0, 0.1) is 0 Å². The smallest absolute Gasteiger partial charge is 0.126 e. The molecule has 1 N–H and O–H groups in total. The van der Waals surface area contributed by atoms with E-state index >= 15 is 0 Å². The lowest BCUT2D eigenvalue weighted by Gasteiger charge is -2.14. The lowest BCUT2D eigenvalue weighted by molar-refractivity contribution is 0.225. The zero-order valence-corrected chi connectivity index (χ0v) is 11.4. The number of thiophene rings is 1. The van der Waals surface area contributed by atoms with Crippen molar-refractivity contribution >= 4 is 22.1 Å². The highest BCUT2D eigenvalue weighted by molar-refractivity contribution is 7.10. The average Bonchev–Trinajstić information content (AvgIpc) is 2.99. The van der Waals surface area contributed by atoms with Gasteiger partial charge in [-0.05, 0) is 28.5 Å². The first-order chi connectivity index (χ1) is 9.31. The summed E-state index contributed by atoms with van der Waals surface area (Å²) in [5.41, 5.74) is 0.916. The maximum Gasteiger partial charge on any atom is 0.126 e. The molecule has 0 bridgehead atoms. The van der Waals surface area contributed by atoms with Gasteiger partial charge in [-0.3, -0.25) is 0 Å². The van der Waals surface area contributed by atoms with Crippen LogP contribution in [0.5, 0.6) is 5.75 Å². The monoisotopic (exact) mass is 270 g/mol. The second kappa shape index (κ2) is 5.03. The molecule has 1 unspecified atom stereocenters. The molecule has 0 radical (unpaired) electrons. The summed E-state index contributed by atoms with van der Waals surface area (Å²) < 4.78 is 5.37. The summed E-state index contributed by atoms with van der Waals surface area (Å²) in [4.78, 5) is 0.954. The van der Waals surface area contributed by atoms with Crippen LogP contribution < -0.4 is 4.74 Å². The Bertz CT molecular complexity index is 689. The number of hydrogen-bond acceptors (Lipinski definition) is 3. The molecule has 0 saturated carbocycles. The third kappa shape index (κ3) is 2.11. The maximum absolute atomic E-state index is 10.5. The van der Waals surface area contributed by atoms with E-state index < -0.39 is 6.10 Å². The topological polar surface area (TPSA) is 29.5 Å². The van der Waals surface area contributed by atoms with E-state index in [1.54, 1.807) is 18.4 Å². The van der Waals surface area contributed by atoms with Crippen molar-refractivity contribution in [3.63, 3.8) is 0 Å². The fraction of sp³-hybridized carbons (Fsp3) is 0.125. The summed E-state index contributed by atoms with van der Waals surface area (Å²) in [5.74, 6) is 0.831. The number of rotatable bonds is 3. The molecule has 0 aliphatic heterocycles. The average molecular weight is 270 g/mol. The van der Waals surface area contributed by atoms with Gasteiger partial charge in [0, 0.05) is 10.3 Å². The molecule has 3 heteroatoms. The van der Waals surface area contributed by atoms with E-state index in [2.05, 4.69) is 0 Å². The number of ether oxygens (including phenoxy) is 1. The third-order valence-electron chi connectivity index (χ3n) is 3.24. The molecule has 3 aromatic rings. The maximum atomic E-state index is 10.5. The summed E-state index contributed by atoms with van der Waals surface area (Å²) in [6.07, 6.45) is -0.587. The van der Waals surface area contributed by atoms with Crippen molar-refractivity contribution < 1.29 is 9.84 Å². The molecule has 96 valence electrons. The lowest BCUT2D eigenvalue weighted by atomic mass is 9.99. The van der Waals surface area contributed by atoms with Gasteiger partial charge < -0.3 is 9.84 Å². The van der Waals surface area contributed by atoms with Crippen molar-refractivity contribution in [1.82, 2.24) is 0 Å². The molecule has 3 rings (SSSR count). The Kier molecular flexibility index (Phi) is 3.23. The molecule has 0 aliphatic rings. The van der Waals surface area contributed by atoms with E-state index in [0.29, 0.717) is 0 Å². The molecule has 2 nitrogen and oxygen atoms in total. The van der Waals surface area contributed by atoms with Crippen LogP contribution in [-0.2, 0) is 0 Å². The molecular weight excluding hydrogens is 256 g/mol. The molecular formula is C16H14O2S. The molecule has 19 heavy (non-hydrogen) atoms. The quantitative estimate of drug-likeness (QED) is 0.779. The van der Waals surface area contributed by atoms with E-state index in [0.717, 1.165) is 27.0 Å². The molecule has 1 atom stereocenters. The SMILES string of the molecule is COc1ccc(C(O)c2cccs2)c2ccccc12. The molecule has 0 aliphatic carbocycles. The highest BCUT2D eigenvalue weighted by atomic mass is 32.1. The molecule has 0 spiro atoms. The molecule has 2 aromatic carbocycles. The summed E-state index contributed by atoms with van der Waals surface area (Å²) in [5, 5.41) is 14.5. The fourth-order valence-electron chi connectivity index (χ4n) is 2.31. The van der Waals surface area contributed by atoms with Crippen LogP contribution in [-0.4, -0.2) is 12.2 Å². The second-order valence-corrected chi connectivity index (χ2v) is 5.30. The van der Waals surface area contributed by atoms with Gasteiger partial charge in [0.2, 0.25) is 0 Å². The van der Waals surface area contributed by atoms with Gasteiger partial charge in [-0.15, -0.1) is 11.3 Å². The van der Waals surface area contributed by atoms with Crippen molar-refractivity contribution in [2.75, 3.05) is 7.11 Å². The van der Waals surface area contributed by atoms with Crippen LogP contribution in [0.25, 0.3) is 10.8 Å². The van der Waals surface area contributed by atoms with E-state index in [1.165, 1.54) is 0 Å². The largest absolute Gasteiger partial charge is 0.496 e. The second-order valence-electron chi connectivity index (χ2n) is 4.32. The number of methoxy groups -OCH3 is 1. The first-order valence-electron chi connectivity index (χ1n) is 6.08. The van der Waals surface area contributed by atoms with Gasteiger partial charge in [-0.1, -0.05) is 36.4 Å². The Morgan fingerprint density at radius 3 is 2.47 bits per heavy atom. The number of aliphatic hydroxyl groups is 1. The Morgan fingerprint density at radius 2 is 1.79 bits per heavy atom. The van der Waals surface area contributed by atoms with Crippen LogP contribution in [0.15, 0.2) is 53.9 Å². The summed E-state index contributed by atoms with van der Waals surface area (Å²) >= 11 is 1.56. The van der Waals surface area contributed by atoms with Crippen molar-refractivity contribution in [2.24, 2.45) is 0 Å². The predicted octanol–water partition coefficient (Wildman–Crippen LogP) is 3.99. The number of benzene rings is 2. The highest BCUT2D eigenvalue weighted by Gasteiger charge is 2.15. The van der Waals surface area contributed by atoms with Gasteiger partial charge in [-0.25, -0.2) is 0 Å². The van der Waals surface area contributed by atoms with Crippen molar-refractivity contribution in [1.29, 1.82) is 0 Å². The van der Waals surface area contributed by atoms with Crippen molar-refractivity contribution in [3.8, 4) is 5.75 Å². The van der Waals surface area contributed by atoms with Crippen molar-refractivity contribution in [3.05, 3.63) is 64.4 Å². The normalized spacial score (nSPS) is 12.5. The Morgan fingerprint density at radius 1 is 1.00 bits per heavy atom. The van der Waals surface area contributed by atoms with Gasteiger partial charge in [0.15, 0.2) is 0 Å². The number of aliphatic hydroxyl groups excluding tert-OH is 1. The molecule has 0 amide bonds. The standard InChI is InChI=1S/C16H14O2S/c1-18-14-9-8-13(11-5-2-3-6-12(11)14)16(17)15-7-4-10-19-15/h2-10,16-17H,1H3. The minimum atomic E-state index is -0.587. The molecule has 0 fully saturated rings. The third-order valence-corrected chi connectivity index (χ3v) is 4.17. The molecule has 0 saturated heterocycles. The summed E-state index contributed by atoms with van der Waals surface area (Å²) in [7, 11) is 1.66. The Balaban J connectivity index is 2.20. The van der Waals surface area contributed by atoms with Crippen LogP contribution in [0.2, 0.25) is 0 Å². The van der Waals surface area contributed by atoms with E-state index in [-0.39, 0.29) is 0 Å². The highest BCUT2D eigenvalue weighted by Crippen LogP contribution is 2.35. The van der Waals surface area contributed by atoms with Gasteiger partial charge in [0.25, 0.3) is 0 Å². The van der Waals surface area contributed by atoms with E-state index in [9.17, 15) is 5.11 Å². The van der Waals surface area contributed by atoms with Crippen LogP contribution in [0.3, 0.4) is 0 Å². The molecule has 1 aromatic heterocycles. The van der Waals surface area contributed by atoms with Gasteiger partial charge in [0.05, 0.1) is 7.11 Å². The zero-order chi connectivity index (χ0) is 13.2. The van der Waals surface area contributed by atoms with Crippen LogP contribution in [0.1, 0.15) is 16.5 Å². The summed E-state index contributed by atoms with van der Waals surface area (Å²) in [6.45, 7) is 0. The number of hydrogen-bond donors (Lipinski definition) is 1. The zero-order valence-electron chi connectivity index (χ0n) is 10.5. The minimum absolute atomic E-state index is 0.587. The number of fused-ring (bicyclic) bond motifs is 1. The van der Waals surface area contributed by atoms with Gasteiger partial charge in [-0.2, -0.15) is 0 Å². The lowest BCUT2D eigenvalue weighted by Crippen LogP contribution is -1.99. The Labute approximate surface area is 115 Å². The van der Waals surface area contributed by atoms with Gasteiger partial charge >= 0.3 is 0 Å². The predicted molar refractivity (Wildman–Crippen MR) is 78.9 cm³/mol. The van der Waals surface area contributed by atoms with Crippen molar-refractivity contribution in [2.45, 2.75) is 6.10 Å². The first kappa shape index (κ1) is 12.2. The van der Waals surface area contributed by atoms with Gasteiger partial charge in [0.1, 0.15) is 11.9 Å². The Hall–Kier alpha value is -1.84. The first-order valence-corrected chi connectivity index (χ1v) is 6.96. The minimum Gasteiger partial charge on any atom is -0.496 e.